The Morgan fingerprint density at radius 2 is 2.00 bits per heavy atom. The van der Waals surface area contributed by atoms with E-state index in [4.69, 9.17) is 0 Å². The van der Waals surface area contributed by atoms with Crippen LogP contribution in [-0.2, 0) is 6.54 Å². The van der Waals surface area contributed by atoms with Crippen molar-refractivity contribution < 1.29 is 0 Å². The first-order chi connectivity index (χ1) is 9.38. The Bertz CT molecular complexity index is 374. The highest BCUT2D eigenvalue weighted by molar-refractivity contribution is 14.0. The number of rotatable bonds is 8. The molecule has 114 valence electrons. The molecule has 6 nitrogen and oxygen atoms in total. The molecule has 0 unspecified atom stereocenters. The second-order valence-corrected chi connectivity index (χ2v) is 5.00. The summed E-state index contributed by atoms with van der Waals surface area (Å²) in [7, 11) is 0. The van der Waals surface area contributed by atoms with E-state index in [2.05, 4.69) is 32.7 Å². The van der Waals surface area contributed by atoms with Crippen LogP contribution in [0.2, 0.25) is 0 Å². The molecular weight excluding hydrogens is 367 g/mol. The standard InChI is InChI=1S/C13H24N6.HI/c1-2-14-13(16-9-12-5-6-12)15-7-3-4-8-19-10-17-18-11-19;/h10-12H,2-9H2,1H3,(H2,14,15,16);1H. The normalized spacial score (nSPS) is 14.8. The first kappa shape index (κ1) is 17.2. The summed E-state index contributed by atoms with van der Waals surface area (Å²) in [4.78, 5) is 4.59. The molecule has 1 fully saturated rings. The molecule has 0 aromatic carbocycles. The van der Waals surface area contributed by atoms with E-state index < -0.39 is 0 Å². The summed E-state index contributed by atoms with van der Waals surface area (Å²) in [6, 6.07) is 0. The van der Waals surface area contributed by atoms with E-state index in [1.54, 1.807) is 12.7 Å². The van der Waals surface area contributed by atoms with E-state index in [9.17, 15) is 0 Å². The number of aliphatic imine (C=N–C) groups is 1. The maximum Gasteiger partial charge on any atom is 0.191 e. The molecule has 1 saturated carbocycles. The van der Waals surface area contributed by atoms with Gasteiger partial charge in [-0.25, -0.2) is 0 Å². The lowest BCUT2D eigenvalue weighted by Crippen LogP contribution is -2.38. The van der Waals surface area contributed by atoms with Crippen molar-refractivity contribution >= 4 is 29.9 Å². The summed E-state index contributed by atoms with van der Waals surface area (Å²) in [6.45, 7) is 5.91. The number of halogens is 1. The molecule has 0 bridgehead atoms. The van der Waals surface area contributed by atoms with Crippen molar-refractivity contribution in [2.75, 3.05) is 19.6 Å². The number of unbranched alkanes of at least 4 members (excludes halogenated alkanes) is 1. The van der Waals surface area contributed by atoms with Gasteiger partial charge in [0.15, 0.2) is 5.96 Å². The van der Waals surface area contributed by atoms with Gasteiger partial charge in [-0.15, -0.1) is 34.2 Å². The van der Waals surface area contributed by atoms with Crippen LogP contribution in [0.3, 0.4) is 0 Å². The van der Waals surface area contributed by atoms with Gasteiger partial charge in [0.05, 0.1) is 0 Å². The maximum absolute atomic E-state index is 4.59. The quantitative estimate of drug-likeness (QED) is 0.306. The van der Waals surface area contributed by atoms with Crippen LogP contribution >= 0.6 is 24.0 Å². The Morgan fingerprint density at radius 1 is 1.25 bits per heavy atom. The summed E-state index contributed by atoms with van der Waals surface area (Å²) in [5.74, 6) is 1.79. The van der Waals surface area contributed by atoms with Crippen molar-refractivity contribution in [2.24, 2.45) is 10.9 Å². The summed E-state index contributed by atoms with van der Waals surface area (Å²) in [6.07, 6.45) is 8.45. The highest BCUT2D eigenvalue weighted by atomic mass is 127. The Labute approximate surface area is 137 Å². The minimum atomic E-state index is 0. The van der Waals surface area contributed by atoms with Gasteiger partial charge in [-0.1, -0.05) is 0 Å². The lowest BCUT2D eigenvalue weighted by atomic mass is 10.3. The second kappa shape index (κ2) is 9.95. The zero-order valence-electron chi connectivity index (χ0n) is 12.1. The molecular formula is C13H25IN6. The zero-order valence-corrected chi connectivity index (χ0v) is 14.4. The third-order valence-corrected chi connectivity index (χ3v) is 3.15. The van der Waals surface area contributed by atoms with Crippen molar-refractivity contribution in [1.29, 1.82) is 0 Å². The molecule has 2 N–H and O–H groups in total. The first-order valence-electron chi connectivity index (χ1n) is 7.23. The fourth-order valence-electron chi connectivity index (χ4n) is 1.83. The van der Waals surface area contributed by atoms with Crippen LogP contribution in [0.4, 0.5) is 0 Å². The molecule has 0 spiro atoms. The molecule has 1 aromatic heterocycles. The van der Waals surface area contributed by atoms with Crippen molar-refractivity contribution in [3.63, 3.8) is 0 Å². The maximum atomic E-state index is 4.59. The fraction of sp³-hybridized carbons (Fsp3) is 0.769. The molecule has 1 aromatic rings. The summed E-state index contributed by atoms with van der Waals surface area (Å²) in [5.41, 5.74) is 0. The molecule has 0 aliphatic heterocycles. The Kier molecular flexibility index (Phi) is 8.56. The van der Waals surface area contributed by atoms with Gasteiger partial charge >= 0.3 is 0 Å². The van der Waals surface area contributed by atoms with Crippen LogP contribution in [0.1, 0.15) is 32.6 Å². The van der Waals surface area contributed by atoms with Crippen LogP contribution in [0, 0.1) is 5.92 Å². The van der Waals surface area contributed by atoms with Gasteiger partial charge in [0.1, 0.15) is 12.7 Å². The minimum absolute atomic E-state index is 0. The number of nitrogens with one attached hydrogen (secondary N) is 2. The first-order valence-corrected chi connectivity index (χ1v) is 7.23. The smallest absolute Gasteiger partial charge is 0.191 e. The van der Waals surface area contributed by atoms with E-state index in [-0.39, 0.29) is 24.0 Å². The van der Waals surface area contributed by atoms with E-state index in [1.165, 1.54) is 12.8 Å². The highest BCUT2D eigenvalue weighted by Crippen LogP contribution is 2.28. The van der Waals surface area contributed by atoms with Gasteiger partial charge in [-0.05, 0) is 38.5 Å². The highest BCUT2D eigenvalue weighted by Gasteiger charge is 2.20. The average molecular weight is 392 g/mol. The molecule has 0 radical (unpaired) electrons. The summed E-state index contributed by atoms with van der Waals surface area (Å²) in [5, 5.41) is 14.2. The number of guanidine groups is 1. The van der Waals surface area contributed by atoms with E-state index in [0.717, 1.165) is 50.9 Å². The van der Waals surface area contributed by atoms with Gasteiger partial charge in [0, 0.05) is 26.2 Å². The van der Waals surface area contributed by atoms with Gasteiger partial charge in [0.25, 0.3) is 0 Å². The molecule has 0 saturated heterocycles. The number of aromatic nitrogens is 3. The SMILES string of the molecule is CCNC(=NCC1CC1)NCCCCn1cnnc1.I. The molecule has 1 heterocycles. The Hall–Kier alpha value is -0.860. The third-order valence-electron chi connectivity index (χ3n) is 3.15. The zero-order chi connectivity index (χ0) is 13.3. The van der Waals surface area contributed by atoms with Crippen LogP contribution in [0.15, 0.2) is 17.6 Å². The van der Waals surface area contributed by atoms with Crippen LogP contribution < -0.4 is 10.6 Å². The molecule has 0 amide bonds. The van der Waals surface area contributed by atoms with Crippen LogP contribution in [0.25, 0.3) is 0 Å². The minimum Gasteiger partial charge on any atom is -0.357 e. The monoisotopic (exact) mass is 392 g/mol. The topological polar surface area (TPSA) is 67.1 Å². The molecule has 2 rings (SSSR count). The lowest BCUT2D eigenvalue weighted by Gasteiger charge is -2.11. The van der Waals surface area contributed by atoms with Crippen molar-refractivity contribution in [1.82, 2.24) is 25.4 Å². The molecule has 1 aliphatic carbocycles. The van der Waals surface area contributed by atoms with E-state index >= 15 is 0 Å². The van der Waals surface area contributed by atoms with Crippen molar-refractivity contribution in [2.45, 2.75) is 39.2 Å². The predicted molar refractivity (Wildman–Crippen MR) is 91.4 cm³/mol. The fourth-order valence-corrected chi connectivity index (χ4v) is 1.83. The third kappa shape index (κ3) is 7.06. The number of nitrogens with zero attached hydrogens (tertiary/aromatic N) is 4. The predicted octanol–water partition coefficient (Wildman–Crippen LogP) is 1.64. The average Bonchev–Trinajstić information content (AvgIpc) is 3.10. The molecule has 7 heteroatoms. The van der Waals surface area contributed by atoms with Gasteiger partial charge in [-0.3, -0.25) is 4.99 Å². The Balaban J connectivity index is 0.00000200. The van der Waals surface area contributed by atoms with Gasteiger partial charge in [-0.2, -0.15) is 0 Å². The van der Waals surface area contributed by atoms with E-state index in [1.807, 2.05) is 4.57 Å². The molecule has 0 atom stereocenters. The van der Waals surface area contributed by atoms with Crippen LogP contribution in [-0.4, -0.2) is 40.4 Å². The second-order valence-electron chi connectivity index (χ2n) is 5.00. The largest absolute Gasteiger partial charge is 0.357 e. The van der Waals surface area contributed by atoms with E-state index in [0.29, 0.717) is 0 Å². The molecule has 1 aliphatic rings. The van der Waals surface area contributed by atoms with Gasteiger partial charge in [0.2, 0.25) is 0 Å². The van der Waals surface area contributed by atoms with Crippen molar-refractivity contribution in [3.05, 3.63) is 12.7 Å². The summed E-state index contributed by atoms with van der Waals surface area (Å²) < 4.78 is 2.01. The van der Waals surface area contributed by atoms with Crippen molar-refractivity contribution in [3.8, 4) is 0 Å². The molecule has 20 heavy (non-hydrogen) atoms. The lowest BCUT2D eigenvalue weighted by molar-refractivity contribution is 0.597. The van der Waals surface area contributed by atoms with Crippen LogP contribution in [0.5, 0.6) is 0 Å². The van der Waals surface area contributed by atoms with Gasteiger partial charge < -0.3 is 15.2 Å². The number of hydrogen-bond donors (Lipinski definition) is 2. The summed E-state index contributed by atoms with van der Waals surface area (Å²) >= 11 is 0. The Morgan fingerprint density at radius 3 is 2.65 bits per heavy atom. The number of hydrogen-bond acceptors (Lipinski definition) is 3. The number of aryl methyl sites for hydroxylation is 1.